The molecule has 5 heteroatoms. The molecule has 4 aromatic rings. The molecule has 0 unspecified atom stereocenters. The van der Waals surface area contributed by atoms with Crippen LogP contribution in [0, 0.1) is 13.8 Å². The van der Waals surface area contributed by atoms with Crippen molar-refractivity contribution in [2.24, 2.45) is 0 Å². The van der Waals surface area contributed by atoms with E-state index in [0.717, 1.165) is 87.4 Å². The zero-order valence-corrected chi connectivity index (χ0v) is 42.9. The Morgan fingerprint density at radius 3 is 1.31 bits per heavy atom. The molecule has 0 amide bonds. The molecule has 0 saturated carbocycles. The predicted molar refractivity (Wildman–Crippen MR) is 262 cm³/mol. The summed E-state index contributed by atoms with van der Waals surface area (Å²) in [6, 6.07) is 18.4. The van der Waals surface area contributed by atoms with E-state index >= 15 is 0 Å². The van der Waals surface area contributed by atoms with Crippen LogP contribution in [0.4, 0.5) is 0 Å². The lowest BCUT2D eigenvalue weighted by molar-refractivity contribution is 0.361. The normalized spacial score (nSPS) is 14.4. The highest BCUT2D eigenvalue weighted by Gasteiger charge is 2.38. The van der Waals surface area contributed by atoms with E-state index in [1.807, 2.05) is 0 Å². The Morgan fingerprint density at radius 2 is 0.902 bits per heavy atom. The molecule has 4 aromatic carbocycles. The fraction of sp³-hybridized carbons (Fsp3) is 0.571. The Balaban J connectivity index is 1.88. The van der Waals surface area contributed by atoms with Gasteiger partial charge in [0.1, 0.15) is 23.0 Å². The van der Waals surface area contributed by atoms with Crippen LogP contribution in [-0.2, 0) is 45.3 Å². The average molecular weight is 849 g/mol. The largest absolute Gasteiger partial charge is 0.530 e. The van der Waals surface area contributed by atoms with Crippen LogP contribution in [0.2, 0.25) is 0 Å². The number of phenols is 1. The number of benzene rings is 4. The van der Waals surface area contributed by atoms with Crippen LogP contribution in [0.5, 0.6) is 23.0 Å². The zero-order chi connectivity index (χ0) is 45.8. The molecule has 0 aromatic heterocycles. The minimum atomic E-state index is -2.04. The Kier molecular flexibility index (Phi) is 13.7. The van der Waals surface area contributed by atoms with Crippen LogP contribution in [0.1, 0.15) is 217 Å². The van der Waals surface area contributed by atoms with E-state index < -0.39 is 8.60 Å². The first-order valence-electron chi connectivity index (χ1n) is 23.2. The van der Waals surface area contributed by atoms with Gasteiger partial charge in [-0.15, -0.1) is 0 Å². The molecule has 334 valence electrons. The van der Waals surface area contributed by atoms with Gasteiger partial charge in [0.15, 0.2) is 0 Å². The molecule has 0 radical (unpaired) electrons. The molecule has 0 spiro atoms. The third kappa shape index (κ3) is 10.2. The number of phenolic OH excluding ortho intramolecular Hbond substituents is 1. The molecule has 5 rings (SSSR count). The van der Waals surface area contributed by atoms with Crippen LogP contribution in [0.25, 0.3) is 0 Å². The number of aryl methyl sites for hydroxylation is 2. The molecule has 4 nitrogen and oxygen atoms in total. The van der Waals surface area contributed by atoms with Gasteiger partial charge in [-0.2, -0.15) is 0 Å². The number of fused-ring (bicyclic) bond motifs is 2. The van der Waals surface area contributed by atoms with Gasteiger partial charge in [-0.1, -0.05) is 184 Å². The second kappa shape index (κ2) is 17.2. The van der Waals surface area contributed by atoms with Gasteiger partial charge in [0.05, 0.1) is 0 Å². The summed E-state index contributed by atoms with van der Waals surface area (Å²) in [4.78, 5) is 0. The molecule has 0 fully saturated rings. The number of aromatic hydroxyl groups is 1. The van der Waals surface area contributed by atoms with E-state index in [-0.39, 0.29) is 32.5 Å². The zero-order valence-electron chi connectivity index (χ0n) is 42.0. The number of rotatable bonds is 12. The lowest BCUT2D eigenvalue weighted by Crippen LogP contribution is -2.23. The quantitative estimate of drug-likeness (QED) is 0.144. The van der Waals surface area contributed by atoms with E-state index in [2.05, 4.69) is 187 Å². The Morgan fingerprint density at radius 1 is 0.508 bits per heavy atom. The molecule has 0 atom stereocenters. The van der Waals surface area contributed by atoms with Gasteiger partial charge in [0.25, 0.3) is 0 Å². The van der Waals surface area contributed by atoms with Gasteiger partial charge in [-0.25, -0.2) is 0 Å². The molecule has 1 N–H and O–H groups in total. The van der Waals surface area contributed by atoms with Crippen LogP contribution >= 0.6 is 8.60 Å². The standard InChI is InChI=1S/C56H81O4P/c1-21-53(13,14)41-31-37(47(57)43(33-41)55(17,18)23-3)29-40-32-42(54(15,16)22-2)34-46(56(19,20)24-4)50(40)60-61-58-48-38(25-35(5)27-44(48)51(7,8)9)30-39-26-36(6)28-45(49(39)59-61)52(10,11)12/h25-28,31-34,57H,21-24,29-30H2,1-20H3. The first kappa shape index (κ1) is 48.5. The van der Waals surface area contributed by atoms with Gasteiger partial charge in [0.2, 0.25) is 0 Å². The second-order valence-electron chi connectivity index (χ2n) is 22.9. The number of hydrogen-bond acceptors (Lipinski definition) is 4. The highest BCUT2D eigenvalue weighted by Crippen LogP contribution is 2.55. The van der Waals surface area contributed by atoms with E-state index in [4.69, 9.17) is 13.6 Å². The topological polar surface area (TPSA) is 47.9 Å². The Labute approximate surface area is 373 Å². The van der Waals surface area contributed by atoms with Crippen molar-refractivity contribution in [2.75, 3.05) is 0 Å². The molecular weight excluding hydrogens is 768 g/mol. The summed E-state index contributed by atoms with van der Waals surface area (Å²) in [7, 11) is -2.04. The number of hydrogen-bond donors (Lipinski definition) is 1. The maximum atomic E-state index is 12.4. The van der Waals surface area contributed by atoms with Crippen LogP contribution in [0.15, 0.2) is 48.5 Å². The molecule has 1 aliphatic heterocycles. The lowest BCUT2D eigenvalue weighted by atomic mass is 9.73. The first-order valence-corrected chi connectivity index (χ1v) is 24.3. The van der Waals surface area contributed by atoms with E-state index in [9.17, 15) is 5.11 Å². The summed E-state index contributed by atoms with van der Waals surface area (Å²) < 4.78 is 22.1. The average Bonchev–Trinajstić information content (AvgIpc) is 3.15. The fourth-order valence-corrected chi connectivity index (χ4v) is 9.53. The summed E-state index contributed by atoms with van der Waals surface area (Å²) in [5.74, 6) is 2.89. The molecule has 0 bridgehead atoms. The van der Waals surface area contributed by atoms with Crippen molar-refractivity contribution in [3.63, 3.8) is 0 Å². The molecule has 61 heavy (non-hydrogen) atoms. The molecule has 1 heterocycles. The van der Waals surface area contributed by atoms with Crippen molar-refractivity contribution in [1.29, 1.82) is 0 Å². The maximum Gasteiger partial charge on any atom is 0.530 e. The van der Waals surface area contributed by atoms with Crippen molar-refractivity contribution in [2.45, 2.75) is 209 Å². The summed E-state index contributed by atoms with van der Waals surface area (Å²) in [6.45, 7) is 45.4. The third-order valence-corrected chi connectivity index (χ3v) is 15.4. The monoisotopic (exact) mass is 849 g/mol. The maximum absolute atomic E-state index is 12.4. The second-order valence-corrected chi connectivity index (χ2v) is 23.9. The minimum Gasteiger partial charge on any atom is -0.507 e. The van der Waals surface area contributed by atoms with Crippen LogP contribution in [0.3, 0.4) is 0 Å². The van der Waals surface area contributed by atoms with E-state index in [1.165, 1.54) is 22.3 Å². The predicted octanol–water partition coefficient (Wildman–Crippen LogP) is 16.6. The highest BCUT2D eigenvalue weighted by atomic mass is 31.2. The van der Waals surface area contributed by atoms with E-state index in [1.54, 1.807) is 0 Å². The van der Waals surface area contributed by atoms with Gasteiger partial charge in [-0.05, 0) is 105 Å². The van der Waals surface area contributed by atoms with Crippen molar-refractivity contribution >= 4 is 8.60 Å². The van der Waals surface area contributed by atoms with Gasteiger partial charge >= 0.3 is 8.60 Å². The van der Waals surface area contributed by atoms with Gasteiger partial charge in [-0.3, -0.25) is 0 Å². The van der Waals surface area contributed by atoms with Crippen LogP contribution < -0.4 is 13.6 Å². The van der Waals surface area contributed by atoms with Crippen molar-refractivity contribution < 1.29 is 18.7 Å². The summed E-state index contributed by atoms with van der Waals surface area (Å²) in [6.07, 6.45) is 4.98. The summed E-state index contributed by atoms with van der Waals surface area (Å²) in [5.41, 5.74) is 12.7. The molecule has 1 aliphatic rings. The van der Waals surface area contributed by atoms with Crippen molar-refractivity contribution in [3.8, 4) is 23.0 Å². The smallest absolute Gasteiger partial charge is 0.507 e. The molecular formula is C56H81O4P. The lowest BCUT2D eigenvalue weighted by Gasteiger charge is -2.35. The Bertz CT molecular complexity index is 2170. The summed E-state index contributed by atoms with van der Waals surface area (Å²) >= 11 is 0. The van der Waals surface area contributed by atoms with Crippen molar-refractivity contribution in [3.05, 3.63) is 115 Å². The fourth-order valence-electron chi connectivity index (χ4n) is 8.33. The Hall–Kier alpha value is -3.49. The van der Waals surface area contributed by atoms with E-state index in [0.29, 0.717) is 18.6 Å². The molecule has 0 aliphatic carbocycles. The highest BCUT2D eigenvalue weighted by molar-refractivity contribution is 7.43. The van der Waals surface area contributed by atoms with Gasteiger partial charge < -0.3 is 18.7 Å². The van der Waals surface area contributed by atoms with Crippen molar-refractivity contribution in [1.82, 2.24) is 0 Å². The third-order valence-electron chi connectivity index (χ3n) is 14.4. The first-order chi connectivity index (χ1) is 28.0. The van der Waals surface area contributed by atoms with Gasteiger partial charge in [0, 0.05) is 35.1 Å². The summed E-state index contributed by atoms with van der Waals surface area (Å²) in [5, 5.41) is 12.4. The minimum absolute atomic E-state index is 0.0709. The SMILES string of the molecule is CCC(C)(C)c1cc(Cc2cc(C(C)(C)CC)cc(C(C)(C)CC)c2OP2Oc3c(cc(C)cc3C(C)(C)C)Cc3cc(C)cc(C(C)(C)C)c3O2)c(O)c(C(C)(C)CC)c1. The molecule has 0 saturated heterocycles. The van der Waals surface area contributed by atoms with Crippen LogP contribution in [-0.4, -0.2) is 5.11 Å².